The summed E-state index contributed by atoms with van der Waals surface area (Å²) in [7, 11) is 0. The van der Waals surface area contributed by atoms with Gasteiger partial charge in [-0.3, -0.25) is 4.57 Å². The molecule has 208 valence electrons. The molecule has 4 aromatic carbocycles. The van der Waals surface area contributed by atoms with Gasteiger partial charge in [0.25, 0.3) is 0 Å². The normalized spacial score (nSPS) is 13.0. The number of hydrogen-bond acceptors (Lipinski definition) is 3. The van der Waals surface area contributed by atoms with Gasteiger partial charge >= 0.3 is 0 Å². The van der Waals surface area contributed by atoms with E-state index in [9.17, 15) is 0 Å². The van der Waals surface area contributed by atoms with Crippen LogP contribution in [0.2, 0.25) is 0 Å². The molecule has 0 aliphatic heterocycles. The number of para-hydroxylation sites is 2. The quantitative estimate of drug-likeness (QED) is 0.200. The Morgan fingerprint density at radius 3 is 2.21 bits per heavy atom. The molecule has 42 heavy (non-hydrogen) atoms. The Hall–Kier alpha value is -4.28. The van der Waals surface area contributed by atoms with Crippen LogP contribution in [0.15, 0.2) is 97.1 Å². The van der Waals surface area contributed by atoms with E-state index in [0.29, 0.717) is 23.1 Å². The third-order valence-corrected chi connectivity index (χ3v) is 9.14. The Kier molecular flexibility index (Phi) is 6.10. The molecule has 4 heteroatoms. The monoisotopic (exact) mass is 567 g/mol. The van der Waals surface area contributed by atoms with Crippen molar-refractivity contribution >= 4 is 42.7 Å². The van der Waals surface area contributed by atoms with Gasteiger partial charge in [0.05, 0.1) is 16.7 Å². The number of aryl methyl sites for hydroxylation is 1. The average molecular weight is 568 g/mol. The van der Waals surface area contributed by atoms with E-state index in [2.05, 4.69) is 93.8 Å². The third-order valence-electron chi connectivity index (χ3n) is 7.99. The molecule has 0 N–H and O–H groups in total. The minimum atomic E-state index is -1.70. The number of pyridine rings is 1. The van der Waals surface area contributed by atoms with Crippen molar-refractivity contribution in [3.05, 3.63) is 125 Å². The number of benzene rings is 4. The Balaban J connectivity index is 1.51. The molecule has 3 nitrogen and oxygen atoms in total. The first-order valence-electron chi connectivity index (χ1n) is 15.7. The van der Waals surface area contributed by atoms with Crippen molar-refractivity contribution in [2.24, 2.45) is 0 Å². The van der Waals surface area contributed by atoms with Gasteiger partial charge in [-0.15, -0.1) is 11.3 Å². The topological polar surface area (TPSA) is 30.7 Å². The standard InChI is InChI=1S/C38H35N3S/c1-23(2)31-20-25(5)21-32(24(3)4)35(31)41-34-17-10-9-16-33(34)40-37(41)30-15-11-14-28-29-19-18-27(39-38(29)42-36(28)30)22-26-12-7-6-8-13-26/h6-21,23-24H,22H2,1-5H3/i22D2. The molecule has 0 bridgehead atoms. The van der Waals surface area contributed by atoms with E-state index >= 15 is 0 Å². The number of rotatable bonds is 6. The van der Waals surface area contributed by atoms with E-state index in [1.807, 2.05) is 42.5 Å². The molecule has 7 rings (SSSR count). The molecule has 0 aliphatic carbocycles. The van der Waals surface area contributed by atoms with Crippen molar-refractivity contribution in [2.45, 2.75) is 52.8 Å². The van der Waals surface area contributed by atoms with Crippen molar-refractivity contribution in [2.75, 3.05) is 0 Å². The highest BCUT2D eigenvalue weighted by atomic mass is 32.1. The van der Waals surface area contributed by atoms with Gasteiger partial charge in [0.15, 0.2) is 0 Å². The molecule has 0 saturated carbocycles. The predicted octanol–water partition coefficient (Wildman–Crippen LogP) is 10.6. The molecule has 0 radical (unpaired) electrons. The van der Waals surface area contributed by atoms with Crippen LogP contribution in [-0.4, -0.2) is 14.5 Å². The highest BCUT2D eigenvalue weighted by molar-refractivity contribution is 7.26. The first kappa shape index (κ1) is 24.3. The molecule has 0 amide bonds. The van der Waals surface area contributed by atoms with Gasteiger partial charge in [0, 0.05) is 35.8 Å². The Bertz CT molecular complexity index is 2140. The second-order valence-corrected chi connectivity index (χ2v) is 12.7. The van der Waals surface area contributed by atoms with Gasteiger partial charge in [-0.2, -0.15) is 0 Å². The summed E-state index contributed by atoms with van der Waals surface area (Å²) in [6, 6.07) is 32.6. The molecule has 0 fully saturated rings. The second-order valence-electron chi connectivity index (χ2n) is 11.7. The van der Waals surface area contributed by atoms with E-state index in [0.717, 1.165) is 42.7 Å². The molecule has 0 spiro atoms. The second kappa shape index (κ2) is 10.5. The van der Waals surface area contributed by atoms with E-state index in [4.69, 9.17) is 12.7 Å². The van der Waals surface area contributed by atoms with Crippen LogP contribution in [0, 0.1) is 6.92 Å². The Morgan fingerprint density at radius 2 is 1.48 bits per heavy atom. The number of fused-ring (bicyclic) bond motifs is 4. The predicted molar refractivity (Wildman–Crippen MR) is 179 cm³/mol. The maximum absolute atomic E-state index is 8.90. The van der Waals surface area contributed by atoms with Crippen molar-refractivity contribution in [1.82, 2.24) is 14.5 Å². The highest BCUT2D eigenvalue weighted by Gasteiger charge is 2.24. The number of aromatic nitrogens is 3. The maximum Gasteiger partial charge on any atom is 0.147 e. The number of thiophene rings is 1. The number of nitrogens with zero attached hydrogens (tertiary/aromatic N) is 3. The fourth-order valence-corrected chi connectivity index (χ4v) is 7.18. The molecule has 0 atom stereocenters. The first-order valence-corrected chi connectivity index (χ1v) is 15.5. The fraction of sp³-hybridized carbons (Fsp3) is 0.211. The van der Waals surface area contributed by atoms with Crippen LogP contribution in [0.5, 0.6) is 0 Å². The minimum Gasteiger partial charge on any atom is -0.292 e. The van der Waals surface area contributed by atoms with Crippen molar-refractivity contribution in [3.63, 3.8) is 0 Å². The first-order chi connectivity index (χ1) is 21.1. The average Bonchev–Trinajstić information content (AvgIpc) is 3.59. The van der Waals surface area contributed by atoms with E-state index < -0.39 is 6.37 Å². The van der Waals surface area contributed by atoms with Crippen LogP contribution in [0.1, 0.15) is 70.2 Å². The highest BCUT2D eigenvalue weighted by Crippen LogP contribution is 2.43. The lowest BCUT2D eigenvalue weighted by molar-refractivity contribution is 0.808. The van der Waals surface area contributed by atoms with Crippen molar-refractivity contribution < 1.29 is 2.74 Å². The fourth-order valence-electron chi connectivity index (χ4n) is 6.00. The number of imidazole rings is 1. The molecule has 3 heterocycles. The summed E-state index contributed by atoms with van der Waals surface area (Å²) in [5, 5.41) is 2.14. The van der Waals surface area contributed by atoms with Gasteiger partial charge < -0.3 is 0 Å². The molecule has 7 aromatic rings. The summed E-state index contributed by atoms with van der Waals surface area (Å²) in [6.45, 7) is 11.3. The zero-order chi connectivity index (χ0) is 30.7. The maximum atomic E-state index is 8.90. The summed E-state index contributed by atoms with van der Waals surface area (Å²) in [5.41, 5.74) is 9.25. The number of hydrogen-bond donors (Lipinski definition) is 0. The van der Waals surface area contributed by atoms with E-state index in [-0.39, 0.29) is 0 Å². The Labute approximate surface area is 254 Å². The van der Waals surface area contributed by atoms with Gasteiger partial charge in [-0.05, 0) is 65.8 Å². The molecule has 0 unspecified atom stereocenters. The molecule has 0 aliphatic rings. The van der Waals surface area contributed by atoms with Gasteiger partial charge in [-0.1, -0.05) is 100.0 Å². The van der Waals surface area contributed by atoms with Crippen molar-refractivity contribution in [1.29, 1.82) is 0 Å². The van der Waals surface area contributed by atoms with Gasteiger partial charge in [0.1, 0.15) is 10.7 Å². The van der Waals surface area contributed by atoms with Crippen LogP contribution in [0.3, 0.4) is 0 Å². The molecule has 3 aromatic heterocycles. The molecular weight excluding hydrogens is 531 g/mol. The minimum absolute atomic E-state index is 0.332. The summed E-state index contributed by atoms with van der Waals surface area (Å²) in [4.78, 5) is 11.0. The molecule has 0 saturated heterocycles. The summed E-state index contributed by atoms with van der Waals surface area (Å²) in [5.74, 6) is 1.58. The van der Waals surface area contributed by atoms with E-state index in [1.54, 1.807) is 11.3 Å². The summed E-state index contributed by atoms with van der Waals surface area (Å²) < 4.78 is 21.3. The van der Waals surface area contributed by atoms with E-state index in [1.165, 1.54) is 22.4 Å². The third kappa shape index (κ3) is 4.51. The Morgan fingerprint density at radius 1 is 0.762 bits per heavy atom. The zero-order valence-corrected chi connectivity index (χ0v) is 25.5. The van der Waals surface area contributed by atoms with Crippen LogP contribution >= 0.6 is 11.3 Å². The lowest BCUT2D eigenvalue weighted by Crippen LogP contribution is -2.09. The van der Waals surface area contributed by atoms with Gasteiger partial charge in [-0.25, -0.2) is 9.97 Å². The van der Waals surface area contributed by atoms with Crippen LogP contribution < -0.4 is 0 Å². The smallest absolute Gasteiger partial charge is 0.147 e. The lowest BCUT2D eigenvalue weighted by Gasteiger charge is -2.23. The zero-order valence-electron chi connectivity index (χ0n) is 26.6. The van der Waals surface area contributed by atoms with Gasteiger partial charge in [0.2, 0.25) is 0 Å². The summed E-state index contributed by atoms with van der Waals surface area (Å²) >= 11 is 1.61. The summed E-state index contributed by atoms with van der Waals surface area (Å²) in [6.07, 6.45) is -1.70. The SMILES string of the molecule is [2H]C([2H])(c1ccccc1)c1ccc2c(n1)sc1c(-c3nc4ccccc4n3-c3c(C(C)C)cc(C)cc3C(C)C)cccc12. The van der Waals surface area contributed by atoms with Crippen LogP contribution in [-0.2, 0) is 6.37 Å². The lowest BCUT2D eigenvalue weighted by atomic mass is 9.90. The van der Waals surface area contributed by atoms with Crippen LogP contribution in [0.4, 0.5) is 0 Å². The largest absolute Gasteiger partial charge is 0.292 e. The van der Waals surface area contributed by atoms with Crippen LogP contribution in [0.25, 0.3) is 48.4 Å². The molecular formula is C38H35N3S. The van der Waals surface area contributed by atoms with Crippen molar-refractivity contribution in [3.8, 4) is 17.1 Å².